The van der Waals surface area contributed by atoms with E-state index in [4.69, 9.17) is 20.8 Å². The van der Waals surface area contributed by atoms with E-state index in [1.807, 2.05) is 0 Å². The summed E-state index contributed by atoms with van der Waals surface area (Å²) < 4.78 is 10.0. The summed E-state index contributed by atoms with van der Waals surface area (Å²) in [7, 11) is 0. The maximum absolute atomic E-state index is 12.1. The Hall–Kier alpha value is -2.87. The van der Waals surface area contributed by atoms with Crippen LogP contribution in [0.25, 0.3) is 0 Å². The van der Waals surface area contributed by atoms with E-state index in [1.54, 1.807) is 6.92 Å². The topological polar surface area (TPSA) is 112 Å². The first kappa shape index (κ1) is 17.5. The van der Waals surface area contributed by atoms with Gasteiger partial charge in [-0.05, 0) is 26.0 Å². The van der Waals surface area contributed by atoms with Crippen molar-refractivity contribution >= 4 is 34.9 Å². The highest BCUT2D eigenvalue weighted by atomic mass is 35.5. The lowest BCUT2D eigenvalue weighted by Gasteiger charge is -2.14. The third-order valence-corrected chi connectivity index (χ3v) is 3.48. The number of nitro benzene ring substituents is 1. The third-order valence-electron chi connectivity index (χ3n) is 3.15. The van der Waals surface area contributed by atoms with Gasteiger partial charge in [0.2, 0.25) is 0 Å². The molecule has 24 heavy (non-hydrogen) atoms. The van der Waals surface area contributed by atoms with Gasteiger partial charge in [-0.1, -0.05) is 11.6 Å². The maximum atomic E-state index is 12.1. The minimum absolute atomic E-state index is 0.0539. The minimum Gasteiger partial charge on any atom is -0.469 e. The monoisotopic (exact) mass is 352 g/mol. The second-order valence-electron chi connectivity index (χ2n) is 4.85. The average Bonchev–Trinajstić information content (AvgIpc) is 2.95. The number of non-ortho nitro benzene ring substituents is 1. The third kappa shape index (κ3) is 3.90. The molecule has 9 heteroatoms. The molecule has 8 nitrogen and oxygen atoms in total. The van der Waals surface area contributed by atoms with Crippen LogP contribution in [0.1, 0.15) is 23.0 Å². The van der Waals surface area contributed by atoms with Crippen LogP contribution in [-0.4, -0.2) is 22.9 Å². The normalized spacial score (nSPS) is 11.6. The molecule has 1 N–H and O–H groups in total. The lowest BCUT2D eigenvalue weighted by atomic mass is 10.2. The predicted octanol–water partition coefficient (Wildman–Crippen LogP) is 3.33. The summed E-state index contributed by atoms with van der Waals surface area (Å²) in [5.41, 5.74) is 0.0367. The zero-order valence-electron chi connectivity index (χ0n) is 12.7. The average molecular weight is 353 g/mol. The van der Waals surface area contributed by atoms with Crippen LogP contribution >= 0.6 is 11.6 Å². The molecule has 1 aromatic carbocycles. The molecule has 0 radical (unpaired) electrons. The van der Waals surface area contributed by atoms with Gasteiger partial charge in [-0.15, -0.1) is 0 Å². The Morgan fingerprint density at radius 3 is 2.67 bits per heavy atom. The summed E-state index contributed by atoms with van der Waals surface area (Å²) in [6.07, 6.45) is 0.196. The molecule has 1 amide bonds. The van der Waals surface area contributed by atoms with E-state index in [-0.39, 0.29) is 22.0 Å². The molecule has 2 aromatic rings. The van der Waals surface area contributed by atoms with Gasteiger partial charge < -0.3 is 14.5 Å². The zero-order chi connectivity index (χ0) is 17.9. The van der Waals surface area contributed by atoms with Crippen molar-refractivity contribution in [1.82, 2.24) is 0 Å². The number of nitrogens with one attached hydrogen (secondary N) is 1. The fraction of sp³-hybridized carbons (Fsp3) is 0.200. The van der Waals surface area contributed by atoms with Crippen LogP contribution in [0, 0.1) is 17.0 Å². The van der Waals surface area contributed by atoms with Crippen molar-refractivity contribution in [2.24, 2.45) is 0 Å². The smallest absolute Gasteiger partial charge is 0.342 e. The molecule has 0 unspecified atom stereocenters. The summed E-state index contributed by atoms with van der Waals surface area (Å²) in [5, 5.41) is 13.3. The van der Waals surface area contributed by atoms with Crippen molar-refractivity contribution < 1.29 is 23.7 Å². The lowest BCUT2D eigenvalue weighted by Crippen LogP contribution is -2.30. The van der Waals surface area contributed by atoms with Crippen molar-refractivity contribution in [2.45, 2.75) is 20.0 Å². The first-order valence-corrected chi connectivity index (χ1v) is 7.17. The molecule has 0 saturated carbocycles. The van der Waals surface area contributed by atoms with Gasteiger partial charge >= 0.3 is 5.97 Å². The molecule has 0 aliphatic carbocycles. The highest BCUT2D eigenvalue weighted by Crippen LogP contribution is 2.27. The number of nitrogens with zero attached hydrogens (tertiary/aromatic N) is 1. The number of anilines is 1. The van der Waals surface area contributed by atoms with Crippen LogP contribution in [0.3, 0.4) is 0 Å². The Morgan fingerprint density at radius 1 is 1.38 bits per heavy atom. The quantitative estimate of drug-likeness (QED) is 0.501. The number of halogens is 1. The molecule has 0 fully saturated rings. The van der Waals surface area contributed by atoms with Gasteiger partial charge in [0.15, 0.2) is 6.10 Å². The Labute approximate surface area is 141 Å². The van der Waals surface area contributed by atoms with Gasteiger partial charge in [0.25, 0.3) is 11.6 Å². The van der Waals surface area contributed by atoms with Crippen LogP contribution in [0.2, 0.25) is 5.02 Å². The fourth-order valence-electron chi connectivity index (χ4n) is 1.83. The molecule has 1 atom stereocenters. The van der Waals surface area contributed by atoms with E-state index in [9.17, 15) is 19.7 Å². The van der Waals surface area contributed by atoms with Gasteiger partial charge in [0.05, 0.1) is 21.9 Å². The Kier molecular flexibility index (Phi) is 5.20. The number of ether oxygens (including phenoxy) is 1. The van der Waals surface area contributed by atoms with Crippen molar-refractivity contribution in [3.8, 4) is 0 Å². The van der Waals surface area contributed by atoms with E-state index in [0.29, 0.717) is 5.76 Å². The van der Waals surface area contributed by atoms with Crippen molar-refractivity contribution in [2.75, 3.05) is 5.32 Å². The largest absolute Gasteiger partial charge is 0.469 e. The first-order valence-electron chi connectivity index (χ1n) is 6.79. The number of amides is 1. The molecule has 126 valence electrons. The molecule has 2 rings (SSSR count). The van der Waals surface area contributed by atoms with Gasteiger partial charge in [0, 0.05) is 12.1 Å². The molecular formula is C15H13ClN2O6. The Balaban J connectivity index is 2.07. The number of carbonyl (C=O) groups excluding carboxylic acids is 2. The molecule has 1 heterocycles. The second kappa shape index (κ2) is 7.14. The molecule has 0 aliphatic rings. The van der Waals surface area contributed by atoms with E-state index in [1.165, 1.54) is 31.4 Å². The molecule has 0 spiro atoms. The summed E-state index contributed by atoms with van der Waals surface area (Å²) in [6, 6.07) is 5.05. The Morgan fingerprint density at radius 2 is 2.08 bits per heavy atom. The molecule has 0 bridgehead atoms. The highest BCUT2D eigenvalue weighted by molar-refractivity contribution is 6.33. The van der Waals surface area contributed by atoms with Crippen molar-refractivity contribution in [1.29, 1.82) is 0 Å². The number of hydrogen-bond donors (Lipinski definition) is 1. The minimum atomic E-state index is -1.14. The maximum Gasteiger partial charge on any atom is 0.342 e. The fourth-order valence-corrected chi connectivity index (χ4v) is 2.00. The van der Waals surface area contributed by atoms with Crippen LogP contribution < -0.4 is 5.32 Å². The van der Waals surface area contributed by atoms with Crippen molar-refractivity contribution in [3.63, 3.8) is 0 Å². The zero-order valence-corrected chi connectivity index (χ0v) is 13.5. The van der Waals surface area contributed by atoms with Crippen LogP contribution in [0.15, 0.2) is 34.9 Å². The lowest BCUT2D eigenvalue weighted by molar-refractivity contribution is -0.384. The number of aryl methyl sites for hydroxylation is 1. The molecule has 0 aliphatic heterocycles. The number of carbonyl (C=O) groups is 2. The highest BCUT2D eigenvalue weighted by Gasteiger charge is 2.22. The van der Waals surface area contributed by atoms with E-state index >= 15 is 0 Å². The number of rotatable bonds is 5. The van der Waals surface area contributed by atoms with E-state index < -0.39 is 22.9 Å². The summed E-state index contributed by atoms with van der Waals surface area (Å²) >= 11 is 5.90. The van der Waals surface area contributed by atoms with Gasteiger partial charge in [-0.2, -0.15) is 0 Å². The number of hydrogen-bond acceptors (Lipinski definition) is 6. The van der Waals surface area contributed by atoms with E-state index in [0.717, 1.165) is 6.07 Å². The first-order chi connectivity index (χ1) is 11.3. The van der Waals surface area contributed by atoms with Gasteiger partial charge in [-0.25, -0.2) is 4.79 Å². The number of esters is 1. The predicted molar refractivity (Wildman–Crippen MR) is 85.1 cm³/mol. The number of nitro groups is 1. The SMILES string of the molecule is Cc1occc1C(=O)O[C@@H](C)C(=O)Nc1cc([N+](=O)[O-])ccc1Cl. The van der Waals surface area contributed by atoms with Crippen LogP contribution in [0.5, 0.6) is 0 Å². The molecule has 1 aromatic heterocycles. The van der Waals surface area contributed by atoms with Crippen molar-refractivity contribution in [3.05, 3.63) is 57.0 Å². The second-order valence-corrected chi connectivity index (χ2v) is 5.26. The molecular weight excluding hydrogens is 340 g/mol. The van der Waals surface area contributed by atoms with Crippen LogP contribution in [-0.2, 0) is 9.53 Å². The van der Waals surface area contributed by atoms with Crippen LogP contribution in [0.4, 0.5) is 11.4 Å². The number of furan rings is 1. The summed E-state index contributed by atoms with van der Waals surface area (Å²) in [4.78, 5) is 34.2. The van der Waals surface area contributed by atoms with Gasteiger partial charge in [0.1, 0.15) is 11.3 Å². The summed E-state index contributed by atoms with van der Waals surface area (Å²) in [5.74, 6) is -1.02. The number of benzene rings is 1. The Bertz CT molecular complexity index is 801. The van der Waals surface area contributed by atoms with E-state index in [2.05, 4.69) is 5.32 Å². The molecule has 0 saturated heterocycles. The summed E-state index contributed by atoms with van der Waals surface area (Å²) in [6.45, 7) is 2.96. The van der Waals surface area contributed by atoms with Gasteiger partial charge in [-0.3, -0.25) is 14.9 Å². The standard InChI is InChI=1S/C15H13ClN2O6/c1-8-11(5-6-23-8)15(20)24-9(2)14(19)17-13-7-10(18(21)22)3-4-12(13)16/h3-7,9H,1-2H3,(H,17,19)/t9-/m0/s1.